The second-order valence-corrected chi connectivity index (χ2v) is 5.49. The smallest absolute Gasteiger partial charge is 0.335 e. The molecule has 0 amide bonds. The summed E-state index contributed by atoms with van der Waals surface area (Å²) in [6, 6.07) is 1.81. The molecule has 0 saturated heterocycles. The second-order valence-electron chi connectivity index (χ2n) is 3.53. The van der Waals surface area contributed by atoms with Crippen LogP contribution in [-0.2, 0) is 9.84 Å². The molecular weight excluding hydrogens is 254 g/mol. The van der Waals surface area contributed by atoms with Crippen LogP contribution in [0.1, 0.15) is 27.9 Å². The van der Waals surface area contributed by atoms with Gasteiger partial charge in [0.05, 0.1) is 10.5 Å². The van der Waals surface area contributed by atoms with Gasteiger partial charge in [0.15, 0.2) is 9.84 Å². The van der Waals surface area contributed by atoms with Crippen LogP contribution in [-0.4, -0.2) is 25.7 Å². The number of hydrogen-bond donors (Lipinski definition) is 1. The molecule has 0 fully saturated rings. The molecule has 0 radical (unpaired) electrons. The number of rotatable bonds is 3. The molecule has 0 atom stereocenters. The Kier molecular flexibility index (Phi) is 3.51. The van der Waals surface area contributed by atoms with Gasteiger partial charge in [-0.3, -0.25) is 0 Å². The van der Waals surface area contributed by atoms with Crippen molar-refractivity contribution in [2.24, 2.45) is 0 Å². The Morgan fingerprint density at radius 3 is 2.24 bits per heavy atom. The fraction of sp³-hybridized carbons (Fsp3) is 0.300. The highest BCUT2D eigenvalue weighted by molar-refractivity contribution is 7.90. The highest BCUT2D eigenvalue weighted by Crippen LogP contribution is 2.30. The monoisotopic (exact) mass is 264 g/mol. The SMILES string of the molecule is Cc1c(C(=O)O)ccc(C(F)F)c1S(C)(=O)=O. The number of carbonyl (C=O) groups is 1. The zero-order valence-corrected chi connectivity index (χ0v) is 9.88. The maximum atomic E-state index is 12.7. The first kappa shape index (κ1) is 13.6. The van der Waals surface area contributed by atoms with Crippen molar-refractivity contribution >= 4 is 15.8 Å². The topological polar surface area (TPSA) is 71.4 Å². The molecule has 1 aromatic rings. The minimum absolute atomic E-state index is 0.169. The number of carboxylic acid groups (broad SMARTS) is 1. The Balaban J connectivity index is 3.72. The Labute approximate surface area is 96.8 Å². The summed E-state index contributed by atoms with van der Waals surface area (Å²) < 4.78 is 48.2. The summed E-state index contributed by atoms with van der Waals surface area (Å²) in [5.41, 5.74) is -1.14. The first-order valence-corrected chi connectivity index (χ1v) is 6.40. The van der Waals surface area contributed by atoms with E-state index < -0.39 is 32.7 Å². The van der Waals surface area contributed by atoms with Crippen LogP contribution < -0.4 is 0 Å². The first-order valence-electron chi connectivity index (χ1n) is 4.51. The molecule has 7 heteroatoms. The summed E-state index contributed by atoms with van der Waals surface area (Å²) in [6.45, 7) is 1.20. The highest BCUT2D eigenvalue weighted by Gasteiger charge is 2.25. The van der Waals surface area contributed by atoms with E-state index >= 15 is 0 Å². The van der Waals surface area contributed by atoms with E-state index in [2.05, 4.69) is 0 Å². The summed E-state index contributed by atoms with van der Waals surface area (Å²) in [5, 5.41) is 8.80. The third-order valence-corrected chi connectivity index (χ3v) is 3.56. The molecule has 0 unspecified atom stereocenters. The third kappa shape index (κ3) is 2.60. The average molecular weight is 264 g/mol. The van der Waals surface area contributed by atoms with E-state index in [0.717, 1.165) is 18.4 Å². The Hall–Kier alpha value is -1.50. The van der Waals surface area contributed by atoms with Crippen LogP contribution in [0.15, 0.2) is 17.0 Å². The average Bonchev–Trinajstić information content (AvgIpc) is 2.14. The van der Waals surface area contributed by atoms with E-state index in [0.29, 0.717) is 0 Å². The number of aromatic carboxylic acids is 1. The Morgan fingerprint density at radius 1 is 1.35 bits per heavy atom. The number of sulfone groups is 1. The fourth-order valence-electron chi connectivity index (χ4n) is 1.61. The molecule has 0 heterocycles. The van der Waals surface area contributed by atoms with Gasteiger partial charge in [-0.25, -0.2) is 22.0 Å². The molecule has 0 aliphatic carbocycles. The molecule has 1 aromatic carbocycles. The highest BCUT2D eigenvalue weighted by atomic mass is 32.2. The minimum atomic E-state index is -3.91. The van der Waals surface area contributed by atoms with E-state index in [1.165, 1.54) is 6.92 Å². The minimum Gasteiger partial charge on any atom is -0.478 e. The van der Waals surface area contributed by atoms with E-state index in [1.54, 1.807) is 0 Å². The summed E-state index contributed by atoms with van der Waals surface area (Å²) in [4.78, 5) is 10.2. The van der Waals surface area contributed by atoms with Crippen LogP contribution >= 0.6 is 0 Å². The van der Waals surface area contributed by atoms with Crippen molar-refractivity contribution in [2.45, 2.75) is 18.2 Å². The molecule has 0 saturated carbocycles. The van der Waals surface area contributed by atoms with Crippen LogP contribution in [0.5, 0.6) is 0 Å². The van der Waals surface area contributed by atoms with Crippen molar-refractivity contribution in [1.29, 1.82) is 0 Å². The van der Waals surface area contributed by atoms with Crippen molar-refractivity contribution in [3.63, 3.8) is 0 Å². The van der Waals surface area contributed by atoms with Gasteiger partial charge in [-0.1, -0.05) is 6.07 Å². The lowest BCUT2D eigenvalue weighted by Gasteiger charge is -2.12. The molecule has 17 heavy (non-hydrogen) atoms. The van der Waals surface area contributed by atoms with Crippen LogP contribution in [0.25, 0.3) is 0 Å². The predicted octanol–water partition coefficient (Wildman–Crippen LogP) is 2.03. The number of alkyl halides is 2. The van der Waals surface area contributed by atoms with Crippen molar-refractivity contribution in [2.75, 3.05) is 6.26 Å². The van der Waals surface area contributed by atoms with E-state index in [4.69, 9.17) is 5.11 Å². The van der Waals surface area contributed by atoms with Gasteiger partial charge in [0.2, 0.25) is 0 Å². The zero-order chi connectivity index (χ0) is 13.4. The van der Waals surface area contributed by atoms with Gasteiger partial charge in [-0.2, -0.15) is 0 Å². The normalized spacial score (nSPS) is 11.8. The third-order valence-electron chi connectivity index (χ3n) is 2.27. The van der Waals surface area contributed by atoms with Crippen LogP contribution in [0.3, 0.4) is 0 Å². The van der Waals surface area contributed by atoms with E-state index in [9.17, 15) is 22.0 Å². The van der Waals surface area contributed by atoms with Crippen LogP contribution in [0.2, 0.25) is 0 Å². The van der Waals surface area contributed by atoms with Gasteiger partial charge in [0, 0.05) is 11.8 Å². The second kappa shape index (κ2) is 4.40. The number of hydrogen-bond acceptors (Lipinski definition) is 3. The largest absolute Gasteiger partial charge is 0.478 e. The molecule has 0 aliphatic rings. The van der Waals surface area contributed by atoms with Gasteiger partial charge >= 0.3 is 5.97 Å². The number of carboxylic acids is 1. The van der Waals surface area contributed by atoms with Crippen LogP contribution in [0.4, 0.5) is 8.78 Å². The summed E-state index contributed by atoms with van der Waals surface area (Å²) in [7, 11) is -3.91. The molecule has 0 aromatic heterocycles. The fourth-order valence-corrected chi connectivity index (χ4v) is 2.86. The summed E-state index contributed by atoms with van der Waals surface area (Å²) in [6.07, 6.45) is -2.20. The predicted molar refractivity (Wildman–Crippen MR) is 56.2 cm³/mol. The van der Waals surface area contributed by atoms with Crippen molar-refractivity contribution in [1.82, 2.24) is 0 Å². The molecule has 94 valence electrons. The molecule has 1 rings (SSSR count). The molecular formula is C10H10F2O4S. The van der Waals surface area contributed by atoms with Gasteiger partial charge in [0.25, 0.3) is 6.43 Å². The lowest BCUT2D eigenvalue weighted by atomic mass is 10.1. The lowest BCUT2D eigenvalue weighted by molar-refractivity contribution is 0.0695. The molecule has 1 N–H and O–H groups in total. The number of benzene rings is 1. The standard InChI is InChI=1S/C10H10F2O4S/c1-5-6(10(13)14)3-4-7(9(11)12)8(5)17(2,15)16/h3-4,9H,1-2H3,(H,13,14). The van der Waals surface area contributed by atoms with Gasteiger partial charge < -0.3 is 5.11 Å². The molecule has 4 nitrogen and oxygen atoms in total. The van der Waals surface area contributed by atoms with Crippen LogP contribution in [0, 0.1) is 6.92 Å². The maximum absolute atomic E-state index is 12.7. The van der Waals surface area contributed by atoms with Crippen molar-refractivity contribution in [3.8, 4) is 0 Å². The zero-order valence-electron chi connectivity index (χ0n) is 9.07. The van der Waals surface area contributed by atoms with Crippen molar-refractivity contribution in [3.05, 3.63) is 28.8 Å². The summed E-state index contributed by atoms with van der Waals surface area (Å²) >= 11 is 0. The Morgan fingerprint density at radius 2 is 1.88 bits per heavy atom. The van der Waals surface area contributed by atoms with Gasteiger partial charge in [0.1, 0.15) is 0 Å². The van der Waals surface area contributed by atoms with E-state index in [-0.39, 0.29) is 11.1 Å². The first-order chi connectivity index (χ1) is 7.66. The molecule has 0 spiro atoms. The molecule has 0 aliphatic heterocycles. The van der Waals surface area contributed by atoms with Gasteiger partial charge in [-0.15, -0.1) is 0 Å². The summed E-state index contributed by atoms with van der Waals surface area (Å²) in [5.74, 6) is -1.35. The molecule has 0 bridgehead atoms. The van der Waals surface area contributed by atoms with E-state index in [1.807, 2.05) is 0 Å². The maximum Gasteiger partial charge on any atom is 0.335 e. The Bertz CT molecular complexity index is 564. The number of halogens is 2. The lowest BCUT2D eigenvalue weighted by Crippen LogP contribution is -2.10. The van der Waals surface area contributed by atoms with Gasteiger partial charge in [-0.05, 0) is 18.6 Å². The quantitative estimate of drug-likeness (QED) is 0.906. The van der Waals surface area contributed by atoms with Crippen molar-refractivity contribution < 1.29 is 27.1 Å².